The third kappa shape index (κ3) is 6.00. The molecule has 0 saturated heterocycles. The molecule has 0 fully saturated rings. The van der Waals surface area contributed by atoms with Gasteiger partial charge in [0.25, 0.3) is 0 Å². The largest absolute Gasteiger partial charge is 0.344 e. The van der Waals surface area contributed by atoms with Gasteiger partial charge in [0, 0.05) is 64.1 Å². The van der Waals surface area contributed by atoms with E-state index in [4.69, 9.17) is 9.98 Å². The molecule has 0 radical (unpaired) electrons. The van der Waals surface area contributed by atoms with E-state index in [2.05, 4.69) is 239 Å². The van der Waals surface area contributed by atoms with Gasteiger partial charge in [-0.05, 0) is 76.5 Å². The Labute approximate surface area is 389 Å². The third-order valence-electron chi connectivity index (χ3n) is 13.6. The highest BCUT2D eigenvalue weighted by molar-refractivity contribution is 7.25. The van der Waals surface area contributed by atoms with Crippen LogP contribution in [-0.4, -0.2) is 20.8 Å². The molecular formula is C61H39N5S. The number of benzene rings is 10. The number of aromatic nitrogens is 2. The summed E-state index contributed by atoms with van der Waals surface area (Å²) in [5.74, 6) is 1.44. The van der Waals surface area contributed by atoms with E-state index in [1.807, 2.05) is 11.3 Å². The van der Waals surface area contributed by atoms with E-state index in [1.54, 1.807) is 0 Å². The number of para-hydroxylation sites is 4. The van der Waals surface area contributed by atoms with Crippen LogP contribution in [0.1, 0.15) is 22.9 Å². The summed E-state index contributed by atoms with van der Waals surface area (Å²) < 4.78 is 7.32. The molecule has 314 valence electrons. The van der Waals surface area contributed by atoms with E-state index in [0.29, 0.717) is 5.84 Å². The van der Waals surface area contributed by atoms with E-state index in [-0.39, 0.29) is 0 Å². The zero-order chi connectivity index (χ0) is 44.0. The van der Waals surface area contributed by atoms with Crippen molar-refractivity contribution in [1.82, 2.24) is 14.5 Å². The molecular weight excluding hydrogens is 835 g/mol. The third-order valence-corrected chi connectivity index (χ3v) is 14.7. The zero-order valence-corrected chi connectivity index (χ0v) is 37.0. The number of hydrogen-bond donors (Lipinski definition) is 1. The summed E-state index contributed by atoms with van der Waals surface area (Å²) >= 11 is 1.83. The maximum Gasteiger partial charge on any atom is 0.161 e. The fourth-order valence-corrected chi connectivity index (χ4v) is 11.6. The zero-order valence-electron chi connectivity index (χ0n) is 36.1. The van der Waals surface area contributed by atoms with Crippen LogP contribution in [0.5, 0.6) is 0 Å². The molecule has 5 nitrogen and oxygen atoms in total. The summed E-state index contributed by atoms with van der Waals surface area (Å²) in [5.41, 5.74) is 12.0. The first kappa shape index (κ1) is 37.8. The molecule has 0 amide bonds. The molecule has 0 bridgehead atoms. The highest BCUT2D eigenvalue weighted by Crippen LogP contribution is 2.43. The number of aliphatic imine (C=N–C) groups is 2. The van der Waals surface area contributed by atoms with Gasteiger partial charge in [0.15, 0.2) is 5.84 Å². The van der Waals surface area contributed by atoms with Crippen LogP contribution in [0.25, 0.3) is 97.1 Å². The van der Waals surface area contributed by atoms with Crippen molar-refractivity contribution in [2.45, 2.75) is 6.17 Å². The second-order valence-electron chi connectivity index (χ2n) is 17.4. The van der Waals surface area contributed by atoms with Gasteiger partial charge in [-0.1, -0.05) is 170 Å². The molecule has 0 spiro atoms. The quantitative estimate of drug-likeness (QED) is 0.178. The van der Waals surface area contributed by atoms with Crippen molar-refractivity contribution < 1.29 is 0 Å². The topological polar surface area (TPSA) is 46.6 Å². The number of hydrogen-bond acceptors (Lipinski definition) is 4. The fraction of sp³-hybridized carbons (Fsp3) is 0.0164. The fourth-order valence-electron chi connectivity index (χ4n) is 10.5. The van der Waals surface area contributed by atoms with Crippen LogP contribution in [0.2, 0.25) is 0 Å². The van der Waals surface area contributed by atoms with E-state index in [9.17, 15) is 0 Å². The highest BCUT2D eigenvalue weighted by Gasteiger charge is 2.28. The lowest BCUT2D eigenvalue weighted by Crippen LogP contribution is -2.34. The van der Waals surface area contributed by atoms with Crippen LogP contribution < -0.4 is 5.32 Å². The lowest BCUT2D eigenvalue weighted by Gasteiger charge is -2.26. The van der Waals surface area contributed by atoms with Crippen molar-refractivity contribution >= 4 is 97.6 Å². The first-order valence-corrected chi connectivity index (χ1v) is 23.6. The smallest absolute Gasteiger partial charge is 0.161 e. The Balaban J connectivity index is 1.07. The Kier molecular flexibility index (Phi) is 8.45. The van der Waals surface area contributed by atoms with E-state index in [0.717, 1.165) is 61.5 Å². The minimum absolute atomic E-state index is 0.489. The van der Waals surface area contributed by atoms with Gasteiger partial charge in [0.1, 0.15) is 12.0 Å². The summed E-state index contributed by atoms with van der Waals surface area (Å²) in [7, 11) is 0. The van der Waals surface area contributed by atoms with Crippen molar-refractivity contribution in [2.75, 3.05) is 0 Å². The molecule has 14 rings (SSSR count). The van der Waals surface area contributed by atoms with Gasteiger partial charge in [-0.15, -0.1) is 11.3 Å². The molecule has 1 aliphatic heterocycles. The van der Waals surface area contributed by atoms with Crippen LogP contribution in [0.15, 0.2) is 234 Å². The molecule has 6 heteroatoms. The minimum Gasteiger partial charge on any atom is -0.344 e. The second-order valence-corrected chi connectivity index (χ2v) is 18.5. The van der Waals surface area contributed by atoms with Crippen molar-refractivity contribution in [1.29, 1.82) is 0 Å². The Bertz CT molecular complexity index is 4180. The Morgan fingerprint density at radius 3 is 1.82 bits per heavy atom. The molecule has 0 saturated carbocycles. The maximum atomic E-state index is 5.76. The van der Waals surface area contributed by atoms with Gasteiger partial charge in [0.2, 0.25) is 0 Å². The van der Waals surface area contributed by atoms with Crippen LogP contribution in [0.4, 0.5) is 0 Å². The van der Waals surface area contributed by atoms with Crippen LogP contribution in [0, 0.1) is 0 Å². The molecule has 67 heavy (non-hydrogen) atoms. The predicted molar refractivity (Wildman–Crippen MR) is 283 cm³/mol. The Morgan fingerprint density at radius 2 is 1.03 bits per heavy atom. The molecule has 10 aromatic carbocycles. The van der Waals surface area contributed by atoms with Crippen molar-refractivity contribution in [3.63, 3.8) is 0 Å². The number of thiophene rings is 1. The summed E-state index contributed by atoms with van der Waals surface area (Å²) in [6.45, 7) is 0. The molecule has 1 unspecified atom stereocenters. The predicted octanol–water partition coefficient (Wildman–Crippen LogP) is 15.6. The van der Waals surface area contributed by atoms with E-state index >= 15 is 0 Å². The first-order valence-electron chi connectivity index (χ1n) is 22.8. The average molecular weight is 874 g/mol. The number of nitrogens with one attached hydrogen (secondary N) is 1. The number of fused-ring (bicyclic) bond motifs is 10. The van der Waals surface area contributed by atoms with E-state index < -0.39 is 6.17 Å². The molecule has 3 aromatic heterocycles. The molecule has 1 aliphatic rings. The summed E-state index contributed by atoms with van der Waals surface area (Å²) in [6, 6.07) is 81.0. The van der Waals surface area contributed by atoms with Gasteiger partial charge in [-0.25, -0.2) is 9.98 Å². The Morgan fingerprint density at radius 1 is 0.418 bits per heavy atom. The SMILES string of the molecule is c1ccc(-c2ccc(C3=NC(c4cc5c(cc4-n4c6ccccc6c6cc7ccccc7cc64)sc4ccccc45)=NC(c4cccc5c6ccccc6n(-c6ccccc6)c45)N3)cc2)cc1. The van der Waals surface area contributed by atoms with Gasteiger partial charge < -0.3 is 14.5 Å². The maximum absolute atomic E-state index is 5.76. The average Bonchev–Trinajstić information content (AvgIpc) is 4.05. The molecule has 0 aliphatic carbocycles. The summed E-state index contributed by atoms with van der Waals surface area (Å²) in [5, 5.41) is 13.5. The van der Waals surface area contributed by atoms with Crippen LogP contribution in [-0.2, 0) is 0 Å². The molecule has 13 aromatic rings. The molecule has 1 atom stereocenters. The monoisotopic (exact) mass is 873 g/mol. The lowest BCUT2D eigenvalue weighted by molar-refractivity contribution is 0.677. The normalized spacial score (nSPS) is 14.1. The van der Waals surface area contributed by atoms with Gasteiger partial charge in [-0.3, -0.25) is 0 Å². The van der Waals surface area contributed by atoms with Crippen LogP contribution in [0.3, 0.4) is 0 Å². The van der Waals surface area contributed by atoms with Gasteiger partial charge in [-0.2, -0.15) is 0 Å². The Hall–Kier alpha value is -8.58. The van der Waals surface area contributed by atoms with Crippen molar-refractivity contribution in [3.8, 4) is 22.5 Å². The van der Waals surface area contributed by atoms with Gasteiger partial charge in [0.05, 0.1) is 27.8 Å². The minimum atomic E-state index is -0.489. The summed E-state index contributed by atoms with van der Waals surface area (Å²) in [6.07, 6.45) is -0.489. The molecule has 1 N–H and O–H groups in total. The van der Waals surface area contributed by atoms with Crippen LogP contribution >= 0.6 is 11.3 Å². The molecule has 4 heterocycles. The van der Waals surface area contributed by atoms with Crippen molar-refractivity contribution in [2.24, 2.45) is 9.98 Å². The van der Waals surface area contributed by atoms with Gasteiger partial charge >= 0.3 is 0 Å². The van der Waals surface area contributed by atoms with E-state index in [1.165, 1.54) is 58.1 Å². The van der Waals surface area contributed by atoms with Crippen molar-refractivity contribution in [3.05, 3.63) is 241 Å². The number of nitrogens with zero attached hydrogens (tertiary/aromatic N) is 4. The lowest BCUT2D eigenvalue weighted by atomic mass is 10.0. The standard InChI is InChI=1S/C61H39N5S/c1-3-16-38(17-4-1)39-30-32-40(33-31-39)59-62-60(48-26-15-25-47-44-22-9-12-27-52(44)65(58(47)48)43-20-5-2-6-21-43)64-61(63-59)51-36-50-46-24-11-14-29-56(46)67-57(50)37-55(51)66-53-28-13-10-23-45(53)49-34-41-18-7-8-19-42(41)35-54(49)66/h1-37,60H,(H,62,63,64). The first-order chi connectivity index (χ1) is 33.2. The number of amidine groups is 2. The second kappa shape index (κ2) is 15.0. The summed E-state index contributed by atoms with van der Waals surface area (Å²) in [4.78, 5) is 11.4. The number of rotatable bonds is 6. The highest BCUT2D eigenvalue weighted by atomic mass is 32.1.